The van der Waals surface area contributed by atoms with Crippen LogP contribution in [0.2, 0.25) is 0 Å². The number of fused-ring (bicyclic) bond motifs is 1. The molecule has 8 nitrogen and oxygen atoms in total. The fourth-order valence-electron chi connectivity index (χ4n) is 4.08. The summed E-state index contributed by atoms with van der Waals surface area (Å²) in [6, 6.07) is 10.2. The van der Waals surface area contributed by atoms with Crippen LogP contribution in [0.25, 0.3) is 22.3 Å². The molecule has 0 unspecified atom stereocenters. The van der Waals surface area contributed by atoms with Crippen LogP contribution in [0.5, 0.6) is 0 Å². The second-order valence-corrected chi connectivity index (χ2v) is 7.91. The Balaban J connectivity index is 1.52. The Morgan fingerprint density at radius 2 is 2.03 bits per heavy atom. The fraction of sp³-hybridized carbons (Fsp3) is 0.217. The Kier molecular flexibility index (Phi) is 5.43. The number of hydrogen-bond donors (Lipinski definition) is 3. The number of anilines is 2. The van der Waals surface area contributed by atoms with Crippen molar-refractivity contribution in [3.05, 3.63) is 66.0 Å². The predicted molar refractivity (Wildman–Crippen MR) is 121 cm³/mol. The summed E-state index contributed by atoms with van der Waals surface area (Å²) >= 11 is 0. The smallest absolute Gasteiger partial charge is 0.255 e. The molecular weight excluding hydrogens is 428 g/mol. The Morgan fingerprint density at radius 1 is 1.15 bits per heavy atom. The zero-order valence-electron chi connectivity index (χ0n) is 17.6. The Hall–Kier alpha value is -3.92. The molecule has 1 aliphatic rings. The van der Waals surface area contributed by atoms with E-state index in [0.717, 1.165) is 38.1 Å². The highest BCUT2D eigenvalue weighted by atomic mass is 19.2. The SMILES string of the molecule is Nc1ncnc2c1c(-c1cccc(C(=O)Nc3ccc(F)c(F)c3)c1)nn2[C@@H]1CCCNC1. The highest BCUT2D eigenvalue weighted by Gasteiger charge is 2.24. The summed E-state index contributed by atoms with van der Waals surface area (Å²) in [6.45, 7) is 1.74. The van der Waals surface area contributed by atoms with Crippen LogP contribution in [0.15, 0.2) is 48.8 Å². The van der Waals surface area contributed by atoms with Gasteiger partial charge in [-0.1, -0.05) is 12.1 Å². The van der Waals surface area contributed by atoms with Gasteiger partial charge in [-0.2, -0.15) is 5.10 Å². The molecule has 1 atom stereocenters. The molecule has 168 valence electrons. The molecule has 33 heavy (non-hydrogen) atoms. The molecular formula is C23H21F2N7O. The zero-order valence-corrected chi connectivity index (χ0v) is 17.6. The van der Waals surface area contributed by atoms with Crippen molar-refractivity contribution in [2.75, 3.05) is 24.1 Å². The summed E-state index contributed by atoms with van der Waals surface area (Å²) < 4.78 is 28.5. The highest BCUT2D eigenvalue weighted by Crippen LogP contribution is 2.33. The first-order valence-electron chi connectivity index (χ1n) is 10.6. The molecule has 5 rings (SSSR count). The van der Waals surface area contributed by atoms with E-state index in [0.29, 0.717) is 33.7 Å². The van der Waals surface area contributed by atoms with Crippen LogP contribution in [0, 0.1) is 11.6 Å². The van der Waals surface area contributed by atoms with Gasteiger partial charge in [0.1, 0.15) is 17.8 Å². The first-order valence-corrected chi connectivity index (χ1v) is 10.6. The van der Waals surface area contributed by atoms with Gasteiger partial charge in [-0.3, -0.25) is 4.79 Å². The molecule has 0 spiro atoms. The third kappa shape index (κ3) is 4.00. The minimum Gasteiger partial charge on any atom is -0.383 e. The molecule has 2 aromatic carbocycles. The van der Waals surface area contributed by atoms with Crippen LogP contribution in [-0.2, 0) is 0 Å². The van der Waals surface area contributed by atoms with Gasteiger partial charge in [-0.25, -0.2) is 23.4 Å². The number of benzene rings is 2. The van der Waals surface area contributed by atoms with Gasteiger partial charge in [-0.05, 0) is 43.7 Å². The standard InChI is InChI=1S/C23H21F2N7O/c24-17-7-6-15(10-18(17)25)30-23(33)14-4-1-3-13(9-14)20-19-21(26)28-12-29-22(19)32(31-20)16-5-2-8-27-11-16/h1,3-4,6-7,9-10,12,16,27H,2,5,8,11H2,(H,30,33)(H2,26,28,29)/t16-/m1/s1. The van der Waals surface area contributed by atoms with Crippen molar-refractivity contribution in [2.24, 2.45) is 0 Å². The number of rotatable bonds is 4. The second kappa shape index (κ2) is 8.55. The maximum atomic E-state index is 13.5. The Bertz CT molecular complexity index is 1350. The van der Waals surface area contributed by atoms with E-state index in [1.54, 1.807) is 18.2 Å². The number of carbonyl (C=O) groups excluding carboxylic acids is 1. The van der Waals surface area contributed by atoms with E-state index in [9.17, 15) is 13.6 Å². The van der Waals surface area contributed by atoms with Gasteiger partial charge in [-0.15, -0.1) is 0 Å². The Morgan fingerprint density at radius 3 is 2.82 bits per heavy atom. The van der Waals surface area contributed by atoms with E-state index < -0.39 is 17.5 Å². The number of amides is 1. The van der Waals surface area contributed by atoms with E-state index in [2.05, 4.69) is 20.6 Å². The number of nitrogens with zero attached hydrogens (tertiary/aromatic N) is 4. The van der Waals surface area contributed by atoms with Crippen LogP contribution in [-0.4, -0.2) is 38.7 Å². The number of nitrogens with two attached hydrogens (primary N) is 1. The summed E-state index contributed by atoms with van der Waals surface area (Å²) in [4.78, 5) is 21.3. The quantitative estimate of drug-likeness (QED) is 0.440. The van der Waals surface area contributed by atoms with Crippen molar-refractivity contribution in [1.82, 2.24) is 25.1 Å². The molecule has 1 amide bonds. The van der Waals surface area contributed by atoms with Gasteiger partial charge in [0.25, 0.3) is 5.91 Å². The molecule has 3 heterocycles. The van der Waals surface area contributed by atoms with Crippen LogP contribution < -0.4 is 16.4 Å². The summed E-state index contributed by atoms with van der Waals surface area (Å²) in [7, 11) is 0. The molecule has 0 radical (unpaired) electrons. The largest absolute Gasteiger partial charge is 0.383 e. The van der Waals surface area contributed by atoms with Crippen LogP contribution in [0.3, 0.4) is 0 Å². The molecule has 4 N–H and O–H groups in total. The van der Waals surface area contributed by atoms with E-state index in [4.69, 9.17) is 10.8 Å². The molecule has 1 fully saturated rings. The molecule has 0 bridgehead atoms. The van der Waals surface area contributed by atoms with Crippen LogP contribution in [0.1, 0.15) is 29.2 Å². The maximum absolute atomic E-state index is 13.5. The third-order valence-electron chi connectivity index (χ3n) is 5.71. The number of carbonyl (C=O) groups is 1. The van der Waals surface area contributed by atoms with Crippen LogP contribution in [0.4, 0.5) is 20.3 Å². The van der Waals surface area contributed by atoms with Crippen molar-refractivity contribution in [3.8, 4) is 11.3 Å². The second-order valence-electron chi connectivity index (χ2n) is 7.91. The number of aromatic nitrogens is 4. The van der Waals surface area contributed by atoms with Crippen LogP contribution >= 0.6 is 0 Å². The summed E-state index contributed by atoms with van der Waals surface area (Å²) in [5.41, 5.74) is 8.57. The molecule has 10 heteroatoms. The van der Waals surface area contributed by atoms with Gasteiger partial charge in [0.15, 0.2) is 17.3 Å². The lowest BCUT2D eigenvalue weighted by atomic mass is 10.1. The first-order chi connectivity index (χ1) is 16.0. The predicted octanol–water partition coefficient (Wildman–Crippen LogP) is 3.53. The lowest BCUT2D eigenvalue weighted by molar-refractivity contribution is 0.102. The van der Waals surface area contributed by atoms with Crippen molar-refractivity contribution >= 4 is 28.4 Å². The zero-order chi connectivity index (χ0) is 22.9. The Labute approximate surface area is 187 Å². The average Bonchev–Trinajstić information content (AvgIpc) is 3.23. The fourth-order valence-corrected chi connectivity index (χ4v) is 4.08. The number of piperidine rings is 1. The van der Waals surface area contributed by atoms with Crippen molar-refractivity contribution in [3.63, 3.8) is 0 Å². The minimum atomic E-state index is -1.04. The van der Waals surface area contributed by atoms with Gasteiger partial charge >= 0.3 is 0 Å². The molecule has 1 aliphatic heterocycles. The van der Waals surface area contributed by atoms with Gasteiger partial charge in [0.2, 0.25) is 0 Å². The molecule has 1 saturated heterocycles. The minimum absolute atomic E-state index is 0.129. The maximum Gasteiger partial charge on any atom is 0.255 e. The van der Waals surface area contributed by atoms with E-state index in [1.807, 2.05) is 10.7 Å². The first kappa shape index (κ1) is 21.0. The molecule has 0 aliphatic carbocycles. The number of nitrogens with one attached hydrogen (secondary N) is 2. The van der Waals surface area contributed by atoms with Crippen molar-refractivity contribution < 1.29 is 13.6 Å². The van der Waals surface area contributed by atoms with Gasteiger partial charge < -0.3 is 16.4 Å². The monoisotopic (exact) mass is 449 g/mol. The van der Waals surface area contributed by atoms with Gasteiger partial charge in [0.05, 0.1) is 11.4 Å². The van der Waals surface area contributed by atoms with E-state index in [-0.39, 0.29) is 11.7 Å². The van der Waals surface area contributed by atoms with E-state index >= 15 is 0 Å². The van der Waals surface area contributed by atoms with Crippen molar-refractivity contribution in [1.29, 1.82) is 0 Å². The van der Waals surface area contributed by atoms with Crippen molar-refractivity contribution in [2.45, 2.75) is 18.9 Å². The number of halogens is 2. The summed E-state index contributed by atoms with van der Waals surface area (Å²) in [5, 5.41) is 11.4. The lowest BCUT2D eigenvalue weighted by Gasteiger charge is -2.23. The average molecular weight is 449 g/mol. The summed E-state index contributed by atoms with van der Waals surface area (Å²) in [6.07, 6.45) is 3.41. The number of nitrogen functional groups attached to an aromatic ring is 1. The highest BCUT2D eigenvalue weighted by molar-refractivity contribution is 6.06. The molecule has 4 aromatic rings. The third-order valence-corrected chi connectivity index (χ3v) is 5.71. The number of hydrogen-bond acceptors (Lipinski definition) is 6. The summed E-state index contributed by atoms with van der Waals surface area (Å²) in [5.74, 6) is -2.18. The normalized spacial score (nSPS) is 16.1. The molecule has 2 aromatic heterocycles. The van der Waals surface area contributed by atoms with Gasteiger partial charge in [0, 0.05) is 29.4 Å². The van der Waals surface area contributed by atoms with E-state index in [1.165, 1.54) is 12.4 Å². The molecule has 0 saturated carbocycles. The topological polar surface area (TPSA) is 111 Å². The lowest BCUT2D eigenvalue weighted by Crippen LogP contribution is -2.32.